The molecule has 4 atom stereocenters. The monoisotopic (exact) mass is 531 g/mol. The molecule has 0 aromatic rings. The van der Waals surface area contributed by atoms with Crippen molar-refractivity contribution in [1.82, 2.24) is 9.80 Å². The lowest BCUT2D eigenvalue weighted by Gasteiger charge is -2.32. The molecule has 3 aliphatic heterocycles. The number of piperidine rings is 2. The molecule has 3 heterocycles. The van der Waals surface area contributed by atoms with Crippen LogP contribution in [0.15, 0.2) is 0 Å². The molecule has 2 heteroatoms. The van der Waals surface area contributed by atoms with Gasteiger partial charge in [0, 0.05) is 13.1 Å². The second kappa shape index (κ2) is 22.6. The van der Waals surface area contributed by atoms with Crippen LogP contribution in [-0.4, -0.2) is 49.1 Å². The molecule has 224 valence electrons. The van der Waals surface area contributed by atoms with Gasteiger partial charge in [0.2, 0.25) is 0 Å². The predicted molar refractivity (Wildman–Crippen MR) is 169 cm³/mol. The van der Waals surface area contributed by atoms with Crippen molar-refractivity contribution in [2.75, 3.05) is 39.3 Å². The molecule has 0 radical (unpaired) electrons. The Balaban J connectivity index is 1.27. The van der Waals surface area contributed by atoms with E-state index in [9.17, 15) is 0 Å². The summed E-state index contributed by atoms with van der Waals surface area (Å²) in [5.74, 6) is 2.02. The van der Waals surface area contributed by atoms with Gasteiger partial charge in [0.1, 0.15) is 0 Å². The minimum Gasteiger partial charge on any atom is -0.303 e. The van der Waals surface area contributed by atoms with Crippen LogP contribution in [0.4, 0.5) is 0 Å². The molecule has 2 nitrogen and oxygen atoms in total. The minimum atomic E-state index is 1.01. The molecule has 3 saturated heterocycles. The Morgan fingerprint density at radius 1 is 0.237 bits per heavy atom. The summed E-state index contributed by atoms with van der Waals surface area (Å²) in [5.41, 5.74) is 0. The van der Waals surface area contributed by atoms with Crippen LogP contribution in [0.3, 0.4) is 0 Å². The Labute approximate surface area is 240 Å². The molecule has 0 aromatic heterocycles. The molecular formula is C36H70N2. The Bertz CT molecular complexity index is 473. The van der Waals surface area contributed by atoms with E-state index >= 15 is 0 Å². The summed E-state index contributed by atoms with van der Waals surface area (Å²) < 4.78 is 0. The molecular weight excluding hydrogens is 460 g/mol. The predicted octanol–water partition coefficient (Wildman–Crippen LogP) is 10.8. The number of hydrogen-bond donors (Lipinski definition) is 0. The van der Waals surface area contributed by atoms with Crippen LogP contribution in [0.2, 0.25) is 0 Å². The van der Waals surface area contributed by atoms with Crippen LogP contribution in [0, 0.1) is 11.8 Å². The first-order valence-electron chi connectivity index (χ1n) is 18.3. The van der Waals surface area contributed by atoms with Crippen LogP contribution in [-0.2, 0) is 0 Å². The molecule has 3 aliphatic rings. The van der Waals surface area contributed by atoms with Crippen molar-refractivity contribution in [3.05, 3.63) is 0 Å². The highest BCUT2D eigenvalue weighted by atomic mass is 15.1. The number of nitrogens with zero attached hydrogens (tertiary/aromatic N) is 2. The van der Waals surface area contributed by atoms with Crippen molar-refractivity contribution in [1.29, 1.82) is 0 Å². The Morgan fingerprint density at radius 3 is 0.816 bits per heavy atom. The van der Waals surface area contributed by atoms with Crippen molar-refractivity contribution in [2.24, 2.45) is 11.8 Å². The van der Waals surface area contributed by atoms with Gasteiger partial charge in [0.15, 0.2) is 0 Å². The van der Waals surface area contributed by atoms with E-state index in [1.54, 1.807) is 0 Å². The number of hydrogen-bond acceptors (Lipinski definition) is 2. The van der Waals surface area contributed by atoms with Crippen LogP contribution >= 0.6 is 0 Å². The number of fused-ring (bicyclic) bond motifs is 4. The van der Waals surface area contributed by atoms with Crippen LogP contribution < -0.4 is 0 Å². The maximum atomic E-state index is 2.82. The summed E-state index contributed by atoms with van der Waals surface area (Å²) in [7, 11) is 0. The van der Waals surface area contributed by atoms with Crippen LogP contribution in [0.25, 0.3) is 0 Å². The SMILES string of the molecule is C1CCCCCCCN2CCCC(CCCCCCCCCCCCN3CCCC(CCCCCC1)C3)C2. The zero-order valence-corrected chi connectivity index (χ0v) is 26.1. The first-order valence-corrected chi connectivity index (χ1v) is 18.3. The fourth-order valence-corrected chi connectivity index (χ4v) is 7.90. The van der Waals surface area contributed by atoms with Gasteiger partial charge in [-0.25, -0.2) is 0 Å². The topological polar surface area (TPSA) is 6.48 Å². The van der Waals surface area contributed by atoms with E-state index < -0.39 is 0 Å². The van der Waals surface area contributed by atoms with Gasteiger partial charge in [0.25, 0.3) is 0 Å². The van der Waals surface area contributed by atoms with Gasteiger partial charge in [0.05, 0.1) is 0 Å². The van der Waals surface area contributed by atoms with E-state index in [4.69, 9.17) is 0 Å². The second-order valence-corrected chi connectivity index (χ2v) is 14.0. The lowest BCUT2D eigenvalue weighted by Crippen LogP contribution is -2.36. The molecule has 0 aromatic carbocycles. The highest BCUT2D eigenvalue weighted by molar-refractivity contribution is 4.74. The number of rotatable bonds is 0. The summed E-state index contributed by atoms with van der Waals surface area (Å²) in [5, 5.41) is 0. The van der Waals surface area contributed by atoms with E-state index in [-0.39, 0.29) is 0 Å². The minimum absolute atomic E-state index is 1.01. The van der Waals surface area contributed by atoms with Gasteiger partial charge in [-0.1, -0.05) is 128 Å². The van der Waals surface area contributed by atoms with Gasteiger partial charge in [-0.05, 0) is 89.4 Å². The van der Waals surface area contributed by atoms with Crippen molar-refractivity contribution < 1.29 is 0 Å². The molecule has 0 aliphatic carbocycles. The van der Waals surface area contributed by atoms with Crippen LogP contribution in [0.5, 0.6) is 0 Å². The molecule has 3 rings (SSSR count). The normalized spacial score (nSPS) is 32.8. The lowest BCUT2D eigenvalue weighted by atomic mass is 9.91. The van der Waals surface area contributed by atoms with Gasteiger partial charge in [-0.3, -0.25) is 0 Å². The van der Waals surface area contributed by atoms with E-state index in [1.807, 2.05) is 0 Å². The summed E-state index contributed by atoms with van der Waals surface area (Å²) in [4.78, 5) is 5.64. The third-order valence-corrected chi connectivity index (χ3v) is 10.4. The second-order valence-electron chi connectivity index (χ2n) is 14.0. The maximum Gasteiger partial charge on any atom is 0.000966 e. The van der Waals surface area contributed by atoms with Gasteiger partial charge in [-0.2, -0.15) is 0 Å². The fraction of sp³-hybridized carbons (Fsp3) is 1.00. The standard InChI is InChI=1S/C36H70N2/c1-2-5-9-13-17-21-29-37-31-24-28-36(34-37)26-20-16-12-8-4-6-10-14-18-22-30-38-32-23-27-35(33-38)25-19-15-11-7-3-1/h35-36H,1-34H2. The first-order chi connectivity index (χ1) is 18.9. The molecule has 38 heavy (non-hydrogen) atoms. The van der Waals surface area contributed by atoms with E-state index in [0.29, 0.717) is 0 Å². The average molecular weight is 531 g/mol. The quantitative estimate of drug-likeness (QED) is 0.307. The Hall–Kier alpha value is -0.0800. The van der Waals surface area contributed by atoms with Crippen molar-refractivity contribution >= 4 is 0 Å². The van der Waals surface area contributed by atoms with Crippen molar-refractivity contribution in [2.45, 2.75) is 180 Å². The van der Waals surface area contributed by atoms with E-state index in [0.717, 1.165) is 11.8 Å². The van der Waals surface area contributed by atoms with Gasteiger partial charge in [-0.15, -0.1) is 0 Å². The fourth-order valence-electron chi connectivity index (χ4n) is 7.90. The summed E-state index contributed by atoms with van der Waals surface area (Å²) in [6.45, 7) is 8.37. The Kier molecular flexibility index (Phi) is 19.3. The molecule has 4 unspecified atom stereocenters. The molecule has 3 fully saturated rings. The molecule has 0 spiro atoms. The summed E-state index contributed by atoms with van der Waals surface area (Å²) >= 11 is 0. The third-order valence-electron chi connectivity index (χ3n) is 10.4. The summed E-state index contributed by atoms with van der Waals surface area (Å²) in [6.07, 6.45) is 41.6. The average Bonchev–Trinajstić information content (AvgIpc) is 2.94. The third kappa shape index (κ3) is 16.2. The van der Waals surface area contributed by atoms with E-state index in [1.165, 1.54) is 219 Å². The lowest BCUT2D eigenvalue weighted by molar-refractivity contribution is 0.163. The smallest absolute Gasteiger partial charge is 0.000966 e. The van der Waals surface area contributed by atoms with Crippen molar-refractivity contribution in [3.63, 3.8) is 0 Å². The van der Waals surface area contributed by atoms with Gasteiger partial charge >= 0.3 is 0 Å². The molecule has 0 saturated carbocycles. The van der Waals surface area contributed by atoms with Crippen molar-refractivity contribution in [3.8, 4) is 0 Å². The largest absolute Gasteiger partial charge is 0.303 e. The maximum absolute atomic E-state index is 2.82. The zero-order valence-electron chi connectivity index (χ0n) is 26.1. The molecule has 0 N–H and O–H groups in total. The highest BCUT2D eigenvalue weighted by Gasteiger charge is 2.20. The molecule has 4 bridgehead atoms. The molecule has 0 amide bonds. The zero-order chi connectivity index (χ0) is 26.4. The Morgan fingerprint density at radius 2 is 0.474 bits per heavy atom. The summed E-state index contributed by atoms with van der Waals surface area (Å²) in [6, 6.07) is 0. The van der Waals surface area contributed by atoms with E-state index in [2.05, 4.69) is 9.80 Å². The highest BCUT2D eigenvalue weighted by Crippen LogP contribution is 2.25. The first kappa shape index (κ1) is 32.4. The van der Waals surface area contributed by atoms with Crippen LogP contribution in [0.1, 0.15) is 180 Å². The van der Waals surface area contributed by atoms with Gasteiger partial charge < -0.3 is 9.80 Å².